The van der Waals surface area contributed by atoms with Gasteiger partial charge in [0, 0.05) is 5.92 Å². The lowest BCUT2D eigenvalue weighted by molar-refractivity contribution is -0.136. The SMILES string of the molecule is O=C(O)Cc1n[nH]nc1C1C2CC3CC(C2)CC1C3. The Bertz CT molecular complexity index is 483. The van der Waals surface area contributed by atoms with E-state index in [0.717, 1.165) is 17.5 Å². The zero-order valence-corrected chi connectivity index (χ0v) is 10.9. The number of H-pyrrole nitrogens is 1. The Morgan fingerprint density at radius 1 is 1.11 bits per heavy atom. The van der Waals surface area contributed by atoms with E-state index in [4.69, 9.17) is 5.11 Å². The molecule has 4 fully saturated rings. The van der Waals surface area contributed by atoms with E-state index in [9.17, 15) is 4.79 Å². The quantitative estimate of drug-likeness (QED) is 0.872. The van der Waals surface area contributed by atoms with Gasteiger partial charge in [-0.2, -0.15) is 15.4 Å². The van der Waals surface area contributed by atoms with Crippen LogP contribution >= 0.6 is 0 Å². The highest BCUT2D eigenvalue weighted by Crippen LogP contribution is 2.59. The first kappa shape index (κ1) is 11.4. The van der Waals surface area contributed by atoms with Gasteiger partial charge in [-0.05, 0) is 55.8 Å². The molecule has 0 atom stereocenters. The Labute approximate surface area is 111 Å². The van der Waals surface area contributed by atoms with Crippen LogP contribution in [0.3, 0.4) is 0 Å². The van der Waals surface area contributed by atoms with Crippen LogP contribution in [0.5, 0.6) is 0 Å². The average molecular weight is 261 g/mol. The molecule has 0 amide bonds. The third kappa shape index (κ3) is 1.78. The van der Waals surface area contributed by atoms with Gasteiger partial charge in [0.2, 0.25) is 0 Å². The number of aromatic nitrogens is 3. The minimum Gasteiger partial charge on any atom is -0.481 e. The number of rotatable bonds is 3. The lowest BCUT2D eigenvalue weighted by atomic mass is 9.51. The normalized spacial score (nSPS) is 39.7. The van der Waals surface area contributed by atoms with Gasteiger partial charge in [0.25, 0.3) is 0 Å². The van der Waals surface area contributed by atoms with Crippen LogP contribution in [0, 0.1) is 23.7 Å². The maximum Gasteiger partial charge on any atom is 0.309 e. The van der Waals surface area contributed by atoms with E-state index < -0.39 is 5.97 Å². The fourth-order valence-electron chi connectivity index (χ4n) is 5.17. The van der Waals surface area contributed by atoms with E-state index >= 15 is 0 Å². The van der Waals surface area contributed by atoms with Crippen LogP contribution in [0.25, 0.3) is 0 Å². The highest BCUT2D eigenvalue weighted by Gasteiger charge is 2.50. The number of carboxylic acids is 1. The van der Waals surface area contributed by atoms with E-state index in [0.29, 0.717) is 23.4 Å². The number of aromatic amines is 1. The van der Waals surface area contributed by atoms with Crippen molar-refractivity contribution >= 4 is 5.97 Å². The summed E-state index contributed by atoms with van der Waals surface area (Å²) in [5, 5.41) is 20.0. The molecule has 1 aromatic rings. The monoisotopic (exact) mass is 261 g/mol. The van der Waals surface area contributed by atoms with E-state index in [-0.39, 0.29) is 6.42 Å². The zero-order chi connectivity index (χ0) is 13.0. The van der Waals surface area contributed by atoms with Crippen LogP contribution in [0.15, 0.2) is 0 Å². The molecule has 0 aromatic carbocycles. The summed E-state index contributed by atoms with van der Waals surface area (Å²) < 4.78 is 0. The van der Waals surface area contributed by atoms with Crippen molar-refractivity contribution in [2.24, 2.45) is 23.7 Å². The summed E-state index contributed by atoms with van der Waals surface area (Å²) in [6, 6.07) is 0. The number of carboxylic acid groups (broad SMARTS) is 1. The lowest BCUT2D eigenvalue weighted by Gasteiger charge is -2.54. The highest BCUT2D eigenvalue weighted by atomic mass is 16.4. The third-order valence-corrected chi connectivity index (χ3v) is 5.51. The Hall–Kier alpha value is -1.39. The summed E-state index contributed by atoms with van der Waals surface area (Å²) in [5.41, 5.74) is 1.61. The summed E-state index contributed by atoms with van der Waals surface area (Å²) in [7, 11) is 0. The van der Waals surface area contributed by atoms with Crippen LogP contribution < -0.4 is 0 Å². The van der Waals surface area contributed by atoms with E-state index in [1.165, 1.54) is 32.1 Å². The van der Waals surface area contributed by atoms with Crippen LogP contribution in [0.2, 0.25) is 0 Å². The van der Waals surface area contributed by atoms with Crippen molar-refractivity contribution in [3.63, 3.8) is 0 Å². The number of hydrogen-bond acceptors (Lipinski definition) is 3. The second-order valence-electron chi connectivity index (χ2n) is 6.68. The first-order valence-corrected chi connectivity index (χ1v) is 7.32. The highest BCUT2D eigenvalue weighted by molar-refractivity contribution is 5.69. The first-order valence-electron chi connectivity index (χ1n) is 7.32. The van der Waals surface area contributed by atoms with Crippen molar-refractivity contribution in [1.29, 1.82) is 0 Å². The minimum atomic E-state index is -0.820. The number of nitrogens with zero attached hydrogens (tertiary/aromatic N) is 2. The molecule has 5 heteroatoms. The zero-order valence-electron chi connectivity index (χ0n) is 10.9. The second-order valence-corrected chi connectivity index (χ2v) is 6.68. The Morgan fingerprint density at radius 2 is 1.74 bits per heavy atom. The van der Waals surface area contributed by atoms with Crippen LogP contribution in [-0.2, 0) is 11.2 Å². The van der Waals surface area contributed by atoms with Crippen molar-refractivity contribution in [2.45, 2.75) is 44.4 Å². The molecule has 4 aliphatic rings. The fraction of sp³-hybridized carbons (Fsp3) is 0.786. The molecule has 4 saturated carbocycles. The first-order chi connectivity index (χ1) is 9.20. The lowest BCUT2D eigenvalue weighted by Crippen LogP contribution is -2.44. The Balaban J connectivity index is 1.65. The molecule has 1 aromatic heterocycles. The summed E-state index contributed by atoms with van der Waals surface area (Å²) in [5.74, 6) is 2.92. The van der Waals surface area contributed by atoms with E-state index in [1.54, 1.807) is 0 Å². The minimum absolute atomic E-state index is 0.00533. The summed E-state index contributed by atoms with van der Waals surface area (Å²) >= 11 is 0. The van der Waals surface area contributed by atoms with Gasteiger partial charge in [0.05, 0.1) is 17.8 Å². The molecular formula is C14H19N3O2. The van der Waals surface area contributed by atoms with Gasteiger partial charge in [-0.15, -0.1) is 0 Å². The maximum absolute atomic E-state index is 10.9. The molecular weight excluding hydrogens is 242 g/mol. The topological polar surface area (TPSA) is 78.9 Å². The van der Waals surface area contributed by atoms with Gasteiger partial charge in [0.1, 0.15) is 0 Å². The van der Waals surface area contributed by atoms with Gasteiger partial charge in [-0.3, -0.25) is 4.79 Å². The van der Waals surface area contributed by atoms with Crippen LogP contribution in [-0.4, -0.2) is 26.5 Å². The molecule has 102 valence electrons. The van der Waals surface area contributed by atoms with Gasteiger partial charge in [-0.1, -0.05) is 0 Å². The summed E-state index contributed by atoms with van der Waals surface area (Å²) in [6.07, 6.45) is 6.69. The maximum atomic E-state index is 10.9. The predicted octanol–water partition coefficient (Wildman–Crippen LogP) is 1.97. The molecule has 0 aliphatic heterocycles. The third-order valence-electron chi connectivity index (χ3n) is 5.51. The van der Waals surface area contributed by atoms with Gasteiger partial charge >= 0.3 is 5.97 Å². The molecule has 1 heterocycles. The fourth-order valence-corrected chi connectivity index (χ4v) is 5.17. The molecule has 0 saturated heterocycles. The van der Waals surface area contributed by atoms with Crippen molar-refractivity contribution in [3.05, 3.63) is 11.4 Å². The number of carbonyl (C=O) groups is 1. The van der Waals surface area contributed by atoms with Crippen molar-refractivity contribution in [3.8, 4) is 0 Å². The molecule has 0 radical (unpaired) electrons. The average Bonchev–Trinajstić information content (AvgIpc) is 2.75. The van der Waals surface area contributed by atoms with Crippen molar-refractivity contribution in [2.75, 3.05) is 0 Å². The molecule has 19 heavy (non-hydrogen) atoms. The molecule has 5 nitrogen and oxygen atoms in total. The van der Waals surface area contributed by atoms with E-state index in [1.807, 2.05) is 0 Å². The number of hydrogen-bond donors (Lipinski definition) is 2. The van der Waals surface area contributed by atoms with Crippen LogP contribution in [0.4, 0.5) is 0 Å². The van der Waals surface area contributed by atoms with Crippen molar-refractivity contribution < 1.29 is 9.90 Å². The molecule has 2 N–H and O–H groups in total. The van der Waals surface area contributed by atoms with Gasteiger partial charge < -0.3 is 5.11 Å². The predicted molar refractivity (Wildman–Crippen MR) is 67.5 cm³/mol. The Morgan fingerprint density at radius 3 is 2.32 bits per heavy atom. The van der Waals surface area contributed by atoms with Crippen molar-refractivity contribution in [1.82, 2.24) is 15.4 Å². The number of aliphatic carboxylic acids is 1. The van der Waals surface area contributed by atoms with Crippen LogP contribution in [0.1, 0.15) is 49.4 Å². The number of nitrogens with one attached hydrogen (secondary N) is 1. The van der Waals surface area contributed by atoms with Gasteiger partial charge in [-0.25, -0.2) is 0 Å². The standard InChI is InChI=1S/C14H19N3O2/c18-12(19)6-11-14(16-17-15-11)13-9-2-7-1-8(4-9)5-10(13)3-7/h7-10,13H,1-6H2,(H,18,19)(H,15,16,17). The molecule has 0 spiro atoms. The molecule has 4 bridgehead atoms. The molecule has 5 rings (SSSR count). The second kappa shape index (κ2) is 4.05. The summed E-state index contributed by atoms with van der Waals surface area (Å²) in [6.45, 7) is 0. The van der Waals surface area contributed by atoms with Gasteiger partial charge in [0.15, 0.2) is 0 Å². The molecule has 0 unspecified atom stereocenters. The smallest absolute Gasteiger partial charge is 0.309 e. The molecule has 4 aliphatic carbocycles. The van der Waals surface area contributed by atoms with E-state index in [2.05, 4.69) is 15.4 Å². The largest absolute Gasteiger partial charge is 0.481 e. The Kier molecular flexibility index (Phi) is 2.44. The summed E-state index contributed by atoms with van der Waals surface area (Å²) in [4.78, 5) is 10.9.